The van der Waals surface area contributed by atoms with E-state index >= 15 is 0 Å². The Balaban J connectivity index is 1.49. The molecular weight excluding hydrogens is 440 g/mol. The van der Waals surface area contributed by atoms with Crippen LogP contribution in [0.1, 0.15) is 61.1 Å². The summed E-state index contributed by atoms with van der Waals surface area (Å²) in [5.74, 6) is 0.135. The molecule has 1 aliphatic rings. The zero-order chi connectivity index (χ0) is 23.8. The third-order valence-corrected chi connectivity index (χ3v) is 7.90. The molecule has 1 N–H and O–H groups in total. The van der Waals surface area contributed by atoms with E-state index < -0.39 is 15.9 Å². The molecule has 1 aromatic carbocycles. The summed E-state index contributed by atoms with van der Waals surface area (Å²) in [6, 6.07) is 11.3. The number of carbonyl (C=O) groups is 1. The van der Waals surface area contributed by atoms with Crippen LogP contribution >= 0.6 is 0 Å². The minimum absolute atomic E-state index is 0.0435. The average Bonchev–Trinajstić information content (AvgIpc) is 3.50. The number of nitrogens with zero attached hydrogens (tertiary/aromatic N) is 3. The molecule has 0 radical (unpaired) electrons. The lowest BCUT2D eigenvalue weighted by Gasteiger charge is -2.19. The van der Waals surface area contributed by atoms with Crippen molar-refractivity contribution in [2.45, 2.75) is 57.4 Å². The molecule has 1 aliphatic heterocycles. The van der Waals surface area contributed by atoms with Gasteiger partial charge in [-0.15, -0.1) is 0 Å². The fourth-order valence-electron chi connectivity index (χ4n) is 3.93. The average molecular weight is 471 g/mol. The number of nitrogens with one attached hydrogen (secondary N) is 1. The summed E-state index contributed by atoms with van der Waals surface area (Å²) < 4.78 is 34.4. The first-order valence-electron chi connectivity index (χ1n) is 11.1. The van der Waals surface area contributed by atoms with Crippen LogP contribution in [0, 0.1) is 6.92 Å². The quantitative estimate of drug-likeness (QED) is 0.583. The molecule has 2 aromatic heterocycles. The van der Waals surface area contributed by atoms with Crippen molar-refractivity contribution in [3.63, 3.8) is 0 Å². The molecule has 0 bridgehead atoms. The molecular formula is C24H30N4O4S. The van der Waals surface area contributed by atoms with Gasteiger partial charge in [0.05, 0.1) is 12.7 Å². The van der Waals surface area contributed by atoms with Crippen LogP contribution in [0.5, 0.6) is 0 Å². The van der Waals surface area contributed by atoms with Gasteiger partial charge in [-0.05, 0) is 36.3 Å². The van der Waals surface area contributed by atoms with Crippen LogP contribution in [0.4, 0.5) is 5.82 Å². The van der Waals surface area contributed by atoms with Gasteiger partial charge in [-0.1, -0.05) is 45.0 Å². The second-order valence-corrected chi connectivity index (χ2v) is 11.3. The molecule has 176 valence electrons. The van der Waals surface area contributed by atoms with E-state index in [0.717, 1.165) is 18.4 Å². The monoisotopic (exact) mass is 470 g/mol. The van der Waals surface area contributed by atoms with Crippen LogP contribution in [0.2, 0.25) is 0 Å². The predicted octanol–water partition coefficient (Wildman–Crippen LogP) is 4.17. The van der Waals surface area contributed by atoms with E-state index in [1.54, 1.807) is 23.9 Å². The Labute approximate surface area is 194 Å². The molecule has 0 saturated carbocycles. The largest absolute Gasteiger partial charge is 0.455 e. The summed E-state index contributed by atoms with van der Waals surface area (Å²) in [5, 5.41) is 7.10. The summed E-state index contributed by atoms with van der Waals surface area (Å²) in [5.41, 5.74) is 2.37. The van der Waals surface area contributed by atoms with E-state index in [1.165, 1.54) is 15.9 Å². The Morgan fingerprint density at radius 3 is 2.42 bits per heavy atom. The number of rotatable bonds is 6. The standard InChI is InChI=1S/C24H30N4O4S/c1-17-21(33(30,31)27-13-5-6-14-27)15-20(32-17)23(29)26-22-11-12-25-28(22)16-18-7-9-19(10-8-18)24(2,3)4/h7-12,15H,5-6,13-14,16H2,1-4H3,(H,26,29). The zero-order valence-corrected chi connectivity index (χ0v) is 20.3. The molecule has 1 fully saturated rings. The molecule has 0 atom stereocenters. The van der Waals surface area contributed by atoms with Crippen LogP contribution in [-0.2, 0) is 22.0 Å². The molecule has 0 aliphatic carbocycles. The number of carbonyl (C=O) groups excluding carboxylic acids is 1. The fraction of sp³-hybridized carbons (Fsp3) is 0.417. The van der Waals surface area contributed by atoms with Gasteiger partial charge in [0.15, 0.2) is 5.76 Å². The van der Waals surface area contributed by atoms with Gasteiger partial charge in [0.2, 0.25) is 10.0 Å². The molecule has 3 aromatic rings. The van der Waals surface area contributed by atoms with Crippen molar-refractivity contribution in [3.8, 4) is 0 Å². The Bertz CT molecular complexity index is 1240. The summed E-state index contributed by atoms with van der Waals surface area (Å²) in [4.78, 5) is 12.9. The van der Waals surface area contributed by atoms with Gasteiger partial charge < -0.3 is 9.73 Å². The van der Waals surface area contributed by atoms with E-state index in [-0.39, 0.29) is 21.8 Å². The highest BCUT2D eigenvalue weighted by Crippen LogP contribution is 2.27. The number of hydrogen-bond donors (Lipinski definition) is 1. The Hall–Kier alpha value is -2.91. The topological polar surface area (TPSA) is 97.4 Å². The van der Waals surface area contributed by atoms with E-state index in [0.29, 0.717) is 25.5 Å². The van der Waals surface area contributed by atoms with Crippen molar-refractivity contribution in [1.82, 2.24) is 14.1 Å². The molecule has 0 spiro atoms. The Kier molecular flexibility index (Phi) is 6.20. The van der Waals surface area contributed by atoms with Crippen molar-refractivity contribution in [1.29, 1.82) is 0 Å². The maximum atomic E-state index is 12.9. The fourth-order valence-corrected chi connectivity index (χ4v) is 5.60. The van der Waals surface area contributed by atoms with Gasteiger partial charge in [-0.25, -0.2) is 13.1 Å². The molecule has 33 heavy (non-hydrogen) atoms. The molecule has 1 amide bonds. The highest BCUT2D eigenvalue weighted by molar-refractivity contribution is 7.89. The van der Waals surface area contributed by atoms with Crippen LogP contribution in [-0.4, -0.2) is 41.5 Å². The van der Waals surface area contributed by atoms with E-state index in [4.69, 9.17) is 4.42 Å². The SMILES string of the molecule is Cc1oc(C(=O)Nc2ccnn2Cc2ccc(C(C)(C)C)cc2)cc1S(=O)(=O)N1CCCC1. The van der Waals surface area contributed by atoms with Crippen LogP contribution in [0.3, 0.4) is 0 Å². The van der Waals surface area contributed by atoms with Gasteiger partial charge in [0.1, 0.15) is 16.5 Å². The molecule has 8 nitrogen and oxygen atoms in total. The molecule has 0 unspecified atom stereocenters. The minimum atomic E-state index is -3.67. The summed E-state index contributed by atoms with van der Waals surface area (Å²) >= 11 is 0. The number of furan rings is 1. The zero-order valence-electron chi connectivity index (χ0n) is 19.5. The van der Waals surface area contributed by atoms with Crippen molar-refractivity contribution in [2.75, 3.05) is 18.4 Å². The van der Waals surface area contributed by atoms with Gasteiger partial charge in [0, 0.05) is 25.2 Å². The first kappa shape index (κ1) is 23.3. The number of amides is 1. The molecule has 1 saturated heterocycles. The summed E-state index contributed by atoms with van der Waals surface area (Å²) in [6.45, 7) is 9.53. The van der Waals surface area contributed by atoms with Crippen molar-refractivity contribution < 1.29 is 17.6 Å². The Morgan fingerprint density at radius 2 is 1.79 bits per heavy atom. The number of aryl methyl sites for hydroxylation is 1. The maximum absolute atomic E-state index is 12.9. The minimum Gasteiger partial charge on any atom is -0.455 e. The van der Waals surface area contributed by atoms with Gasteiger partial charge in [-0.2, -0.15) is 9.40 Å². The summed E-state index contributed by atoms with van der Waals surface area (Å²) in [6.07, 6.45) is 3.29. The Morgan fingerprint density at radius 1 is 1.12 bits per heavy atom. The number of sulfonamides is 1. The molecule has 9 heteroatoms. The summed E-state index contributed by atoms with van der Waals surface area (Å²) in [7, 11) is -3.67. The second kappa shape index (κ2) is 8.79. The molecule has 3 heterocycles. The third kappa shape index (κ3) is 4.89. The normalized spacial score (nSPS) is 15.2. The second-order valence-electron chi connectivity index (χ2n) is 9.42. The van der Waals surface area contributed by atoms with Crippen LogP contribution in [0.25, 0.3) is 0 Å². The predicted molar refractivity (Wildman–Crippen MR) is 126 cm³/mol. The van der Waals surface area contributed by atoms with Crippen molar-refractivity contribution >= 4 is 21.7 Å². The number of benzene rings is 1. The van der Waals surface area contributed by atoms with Gasteiger partial charge in [-0.3, -0.25) is 4.79 Å². The molecule has 4 rings (SSSR count). The number of anilines is 1. The first-order chi connectivity index (χ1) is 15.6. The van der Waals surface area contributed by atoms with Crippen LogP contribution in [0.15, 0.2) is 51.9 Å². The van der Waals surface area contributed by atoms with E-state index in [2.05, 4.69) is 55.5 Å². The number of hydrogen-bond acceptors (Lipinski definition) is 5. The maximum Gasteiger partial charge on any atom is 0.292 e. The van der Waals surface area contributed by atoms with Crippen molar-refractivity contribution in [2.24, 2.45) is 0 Å². The lowest BCUT2D eigenvalue weighted by molar-refractivity contribution is 0.0994. The smallest absolute Gasteiger partial charge is 0.292 e. The van der Waals surface area contributed by atoms with Crippen molar-refractivity contribution in [3.05, 3.63) is 65.2 Å². The lowest BCUT2D eigenvalue weighted by atomic mass is 9.87. The van der Waals surface area contributed by atoms with E-state index in [9.17, 15) is 13.2 Å². The lowest BCUT2D eigenvalue weighted by Crippen LogP contribution is -2.28. The van der Waals surface area contributed by atoms with Crippen LogP contribution < -0.4 is 5.32 Å². The third-order valence-electron chi connectivity index (χ3n) is 5.89. The van der Waals surface area contributed by atoms with Gasteiger partial charge in [0.25, 0.3) is 5.91 Å². The first-order valence-corrected chi connectivity index (χ1v) is 12.5. The number of aromatic nitrogens is 2. The highest BCUT2D eigenvalue weighted by Gasteiger charge is 2.31. The van der Waals surface area contributed by atoms with Gasteiger partial charge >= 0.3 is 0 Å². The van der Waals surface area contributed by atoms with E-state index in [1.807, 2.05) is 0 Å². The highest BCUT2D eigenvalue weighted by atomic mass is 32.2.